The summed E-state index contributed by atoms with van der Waals surface area (Å²) in [6.45, 7) is 5.21. The van der Waals surface area contributed by atoms with Crippen LogP contribution in [0.4, 0.5) is 0 Å². The number of hydrogen-bond donors (Lipinski definition) is 1. The Kier molecular flexibility index (Phi) is 4.84. The molecule has 0 bridgehead atoms. The molecule has 0 radical (unpaired) electrons. The molecule has 23 heavy (non-hydrogen) atoms. The molecule has 1 fully saturated rings. The predicted octanol–water partition coefficient (Wildman–Crippen LogP) is 4.19. The quantitative estimate of drug-likeness (QED) is 0.915. The van der Waals surface area contributed by atoms with E-state index in [0.29, 0.717) is 18.6 Å². The van der Waals surface area contributed by atoms with Gasteiger partial charge in [-0.15, -0.1) is 0 Å². The second-order valence-corrected chi connectivity index (χ2v) is 6.89. The molecule has 2 nitrogen and oxygen atoms in total. The zero-order valence-electron chi connectivity index (χ0n) is 14.2. The molecule has 1 N–H and O–H groups in total. The predicted molar refractivity (Wildman–Crippen MR) is 95.4 cm³/mol. The van der Waals surface area contributed by atoms with Gasteiger partial charge in [0.2, 0.25) is 0 Å². The third kappa shape index (κ3) is 3.34. The summed E-state index contributed by atoms with van der Waals surface area (Å²) in [5.74, 6) is 0. The number of piperidine rings is 1. The van der Waals surface area contributed by atoms with Crippen LogP contribution in [0, 0.1) is 0 Å². The first-order chi connectivity index (χ1) is 11.1. The SMILES string of the molecule is CC1CCCC(C)N1CC(O)(c1ccccc1)c1ccccc1. The van der Waals surface area contributed by atoms with Crippen LogP contribution in [0.25, 0.3) is 0 Å². The summed E-state index contributed by atoms with van der Waals surface area (Å²) in [4.78, 5) is 2.48. The molecule has 1 aliphatic rings. The maximum Gasteiger partial charge on any atom is 0.127 e. The van der Waals surface area contributed by atoms with Gasteiger partial charge in [-0.1, -0.05) is 67.1 Å². The Morgan fingerprint density at radius 2 is 1.30 bits per heavy atom. The lowest BCUT2D eigenvalue weighted by Crippen LogP contribution is -2.51. The molecule has 1 heterocycles. The molecular weight excluding hydrogens is 282 g/mol. The van der Waals surface area contributed by atoms with E-state index in [4.69, 9.17) is 0 Å². The van der Waals surface area contributed by atoms with Crippen LogP contribution in [-0.4, -0.2) is 28.6 Å². The third-order valence-electron chi connectivity index (χ3n) is 5.29. The first kappa shape index (κ1) is 16.2. The minimum absolute atomic E-state index is 0.512. The summed E-state index contributed by atoms with van der Waals surface area (Å²) < 4.78 is 0. The summed E-state index contributed by atoms with van der Waals surface area (Å²) in [6.07, 6.45) is 3.71. The van der Waals surface area contributed by atoms with Gasteiger partial charge in [-0.2, -0.15) is 0 Å². The number of β-amino-alcohol motifs (C(OH)–C–C–N with tert-alkyl or cyclic N) is 1. The molecule has 0 saturated carbocycles. The normalized spacial score (nSPS) is 22.9. The monoisotopic (exact) mass is 309 g/mol. The lowest BCUT2D eigenvalue weighted by atomic mass is 9.84. The Balaban J connectivity index is 1.99. The van der Waals surface area contributed by atoms with E-state index in [9.17, 15) is 5.11 Å². The summed E-state index contributed by atoms with van der Waals surface area (Å²) in [5.41, 5.74) is 0.967. The van der Waals surface area contributed by atoms with Crippen molar-refractivity contribution in [2.24, 2.45) is 0 Å². The van der Waals surface area contributed by atoms with E-state index in [2.05, 4.69) is 18.7 Å². The van der Waals surface area contributed by atoms with Gasteiger partial charge < -0.3 is 5.11 Å². The number of aliphatic hydroxyl groups is 1. The van der Waals surface area contributed by atoms with Crippen molar-refractivity contribution in [2.45, 2.75) is 50.8 Å². The molecule has 0 spiro atoms. The molecule has 0 aromatic heterocycles. The van der Waals surface area contributed by atoms with Crippen LogP contribution in [-0.2, 0) is 5.60 Å². The highest BCUT2D eigenvalue weighted by molar-refractivity contribution is 5.36. The van der Waals surface area contributed by atoms with Crippen molar-refractivity contribution in [2.75, 3.05) is 6.54 Å². The van der Waals surface area contributed by atoms with Crippen LogP contribution < -0.4 is 0 Å². The lowest BCUT2D eigenvalue weighted by molar-refractivity contribution is -0.00791. The molecule has 2 atom stereocenters. The highest BCUT2D eigenvalue weighted by atomic mass is 16.3. The first-order valence-electron chi connectivity index (χ1n) is 8.70. The van der Waals surface area contributed by atoms with Crippen LogP contribution >= 0.6 is 0 Å². The molecule has 1 aliphatic heterocycles. The maximum atomic E-state index is 11.7. The van der Waals surface area contributed by atoms with Gasteiger partial charge in [0.1, 0.15) is 5.60 Å². The Hall–Kier alpha value is -1.64. The van der Waals surface area contributed by atoms with Crippen molar-refractivity contribution in [3.63, 3.8) is 0 Å². The van der Waals surface area contributed by atoms with Crippen molar-refractivity contribution >= 4 is 0 Å². The highest BCUT2D eigenvalue weighted by Gasteiger charge is 2.37. The Labute approximate surface area is 139 Å². The number of benzene rings is 2. The smallest absolute Gasteiger partial charge is 0.127 e. The van der Waals surface area contributed by atoms with Gasteiger partial charge in [-0.25, -0.2) is 0 Å². The average Bonchev–Trinajstić information content (AvgIpc) is 2.60. The lowest BCUT2D eigenvalue weighted by Gasteiger charge is -2.44. The second-order valence-electron chi connectivity index (χ2n) is 6.89. The molecule has 0 amide bonds. The summed E-state index contributed by atoms with van der Waals surface area (Å²) in [5, 5.41) is 11.7. The Bertz CT molecular complexity index is 561. The standard InChI is InChI=1S/C21H27NO/c1-17-10-9-11-18(2)22(17)16-21(23,19-12-5-3-6-13-19)20-14-7-4-8-15-20/h3-8,12-15,17-18,23H,9-11,16H2,1-2H3. The summed E-state index contributed by atoms with van der Waals surface area (Å²) >= 11 is 0. The van der Waals surface area contributed by atoms with Gasteiger partial charge in [0.05, 0.1) is 0 Å². The van der Waals surface area contributed by atoms with E-state index in [0.717, 1.165) is 11.1 Å². The number of hydrogen-bond acceptors (Lipinski definition) is 2. The fourth-order valence-electron chi connectivity index (χ4n) is 3.83. The van der Waals surface area contributed by atoms with Gasteiger partial charge in [-0.05, 0) is 37.8 Å². The molecular formula is C21H27NO. The molecule has 122 valence electrons. The fourth-order valence-corrected chi connectivity index (χ4v) is 3.83. The number of rotatable bonds is 4. The Morgan fingerprint density at radius 3 is 1.74 bits per heavy atom. The van der Waals surface area contributed by atoms with Gasteiger partial charge in [0.15, 0.2) is 0 Å². The minimum Gasteiger partial charge on any atom is -0.379 e. The summed E-state index contributed by atoms with van der Waals surface area (Å²) in [7, 11) is 0. The maximum absolute atomic E-state index is 11.7. The van der Waals surface area contributed by atoms with E-state index in [1.165, 1.54) is 19.3 Å². The zero-order valence-corrected chi connectivity index (χ0v) is 14.2. The third-order valence-corrected chi connectivity index (χ3v) is 5.29. The van der Waals surface area contributed by atoms with Gasteiger partial charge in [0, 0.05) is 18.6 Å². The molecule has 2 aromatic rings. The van der Waals surface area contributed by atoms with Crippen molar-refractivity contribution < 1.29 is 5.11 Å². The van der Waals surface area contributed by atoms with Crippen LogP contribution in [0.1, 0.15) is 44.2 Å². The minimum atomic E-state index is -0.970. The average molecular weight is 309 g/mol. The molecule has 3 rings (SSSR count). The molecule has 1 saturated heterocycles. The fraction of sp³-hybridized carbons (Fsp3) is 0.429. The number of nitrogens with zero attached hydrogens (tertiary/aromatic N) is 1. The van der Waals surface area contributed by atoms with Gasteiger partial charge in [-0.3, -0.25) is 4.90 Å². The molecule has 2 aromatic carbocycles. The van der Waals surface area contributed by atoms with Gasteiger partial charge in [0.25, 0.3) is 0 Å². The highest BCUT2D eigenvalue weighted by Crippen LogP contribution is 2.34. The molecule has 0 aliphatic carbocycles. The van der Waals surface area contributed by atoms with Crippen molar-refractivity contribution in [1.29, 1.82) is 0 Å². The van der Waals surface area contributed by atoms with E-state index in [1.54, 1.807) is 0 Å². The van der Waals surface area contributed by atoms with E-state index >= 15 is 0 Å². The van der Waals surface area contributed by atoms with Crippen LogP contribution in [0.2, 0.25) is 0 Å². The Morgan fingerprint density at radius 1 is 0.870 bits per heavy atom. The van der Waals surface area contributed by atoms with Crippen LogP contribution in [0.5, 0.6) is 0 Å². The van der Waals surface area contributed by atoms with E-state index < -0.39 is 5.60 Å². The second kappa shape index (κ2) is 6.86. The largest absolute Gasteiger partial charge is 0.379 e. The topological polar surface area (TPSA) is 23.5 Å². The summed E-state index contributed by atoms with van der Waals surface area (Å²) in [6, 6.07) is 21.2. The zero-order chi connectivity index (χ0) is 16.3. The van der Waals surface area contributed by atoms with Crippen molar-refractivity contribution in [3.05, 3.63) is 71.8 Å². The molecule has 2 heteroatoms. The van der Waals surface area contributed by atoms with Crippen LogP contribution in [0.3, 0.4) is 0 Å². The first-order valence-corrected chi connectivity index (χ1v) is 8.70. The number of likely N-dealkylation sites (tertiary alicyclic amines) is 1. The van der Waals surface area contributed by atoms with E-state index in [1.807, 2.05) is 60.7 Å². The molecule has 2 unspecified atom stereocenters. The van der Waals surface area contributed by atoms with E-state index in [-0.39, 0.29) is 0 Å². The van der Waals surface area contributed by atoms with Crippen molar-refractivity contribution in [3.8, 4) is 0 Å². The van der Waals surface area contributed by atoms with Crippen molar-refractivity contribution in [1.82, 2.24) is 4.90 Å². The van der Waals surface area contributed by atoms with Crippen LogP contribution in [0.15, 0.2) is 60.7 Å². The van der Waals surface area contributed by atoms with Gasteiger partial charge >= 0.3 is 0 Å².